The molecule has 0 aromatic heterocycles. The van der Waals surface area contributed by atoms with Crippen LogP contribution in [0.25, 0.3) is 0 Å². The molecule has 0 bridgehead atoms. The van der Waals surface area contributed by atoms with Crippen molar-refractivity contribution in [2.24, 2.45) is 0 Å². The highest BCUT2D eigenvalue weighted by molar-refractivity contribution is 5.60. The lowest BCUT2D eigenvalue weighted by molar-refractivity contribution is -0.112. The summed E-state index contributed by atoms with van der Waals surface area (Å²) in [5.41, 5.74) is 1.39. The smallest absolute Gasteiger partial charge is 0.180 e. The number of carbonyl (C=O) groups excluding carboxylic acids is 1. The second-order valence-electron chi connectivity index (χ2n) is 3.02. The van der Waals surface area contributed by atoms with Gasteiger partial charge < -0.3 is 4.90 Å². The SMILES string of the molecule is CN(C)c1ccc(C(F)C=O)cc1. The number of hydrogen-bond acceptors (Lipinski definition) is 2. The molecule has 1 unspecified atom stereocenters. The van der Waals surface area contributed by atoms with Crippen molar-refractivity contribution in [3.63, 3.8) is 0 Å². The van der Waals surface area contributed by atoms with Crippen molar-refractivity contribution >= 4 is 12.0 Å². The zero-order chi connectivity index (χ0) is 9.84. The van der Waals surface area contributed by atoms with E-state index in [-0.39, 0.29) is 0 Å². The minimum atomic E-state index is -1.50. The van der Waals surface area contributed by atoms with Crippen LogP contribution in [0, 0.1) is 0 Å². The summed E-state index contributed by atoms with van der Waals surface area (Å²) < 4.78 is 12.8. The van der Waals surface area contributed by atoms with Crippen molar-refractivity contribution in [1.29, 1.82) is 0 Å². The van der Waals surface area contributed by atoms with Crippen LogP contribution in [0.2, 0.25) is 0 Å². The van der Waals surface area contributed by atoms with Crippen molar-refractivity contribution in [1.82, 2.24) is 0 Å². The Bertz CT molecular complexity index is 281. The zero-order valence-corrected chi connectivity index (χ0v) is 7.70. The molecule has 0 fully saturated rings. The lowest BCUT2D eigenvalue weighted by Crippen LogP contribution is -2.08. The van der Waals surface area contributed by atoms with Gasteiger partial charge in [-0.25, -0.2) is 4.39 Å². The van der Waals surface area contributed by atoms with Crippen LogP contribution in [0.4, 0.5) is 10.1 Å². The van der Waals surface area contributed by atoms with Crippen molar-refractivity contribution in [3.05, 3.63) is 29.8 Å². The highest BCUT2D eigenvalue weighted by atomic mass is 19.1. The maximum Gasteiger partial charge on any atom is 0.180 e. The maximum absolute atomic E-state index is 12.8. The number of carbonyl (C=O) groups is 1. The van der Waals surface area contributed by atoms with Gasteiger partial charge in [0, 0.05) is 19.8 Å². The number of alkyl halides is 1. The first-order valence-electron chi connectivity index (χ1n) is 4.02. The quantitative estimate of drug-likeness (QED) is 0.664. The molecular weight excluding hydrogens is 169 g/mol. The predicted octanol–water partition coefficient (Wildman–Crippen LogP) is 1.96. The molecule has 0 saturated carbocycles. The molecule has 0 amide bonds. The van der Waals surface area contributed by atoms with Gasteiger partial charge in [-0.3, -0.25) is 4.79 Å². The molecule has 0 aliphatic heterocycles. The molecule has 1 rings (SSSR count). The lowest BCUT2D eigenvalue weighted by Gasteiger charge is -2.12. The van der Waals surface area contributed by atoms with Crippen LogP contribution < -0.4 is 4.90 Å². The van der Waals surface area contributed by atoms with Crippen LogP contribution in [0.5, 0.6) is 0 Å². The first-order valence-corrected chi connectivity index (χ1v) is 4.02. The van der Waals surface area contributed by atoms with Gasteiger partial charge in [0.15, 0.2) is 12.5 Å². The van der Waals surface area contributed by atoms with Gasteiger partial charge in [-0.15, -0.1) is 0 Å². The molecule has 1 atom stereocenters. The lowest BCUT2D eigenvalue weighted by atomic mass is 10.1. The summed E-state index contributed by atoms with van der Waals surface area (Å²) in [5.74, 6) is 0. The van der Waals surface area contributed by atoms with E-state index in [4.69, 9.17) is 0 Å². The first-order chi connectivity index (χ1) is 6.15. The van der Waals surface area contributed by atoms with Crippen LogP contribution in [0.1, 0.15) is 11.7 Å². The summed E-state index contributed by atoms with van der Waals surface area (Å²) in [6.45, 7) is 0. The largest absolute Gasteiger partial charge is 0.378 e. The number of anilines is 1. The Morgan fingerprint density at radius 1 is 1.31 bits per heavy atom. The molecule has 0 N–H and O–H groups in total. The summed E-state index contributed by atoms with van der Waals surface area (Å²) >= 11 is 0. The van der Waals surface area contributed by atoms with E-state index >= 15 is 0 Å². The minimum absolute atomic E-state index is 0.296. The molecule has 2 nitrogen and oxygen atoms in total. The van der Waals surface area contributed by atoms with Gasteiger partial charge in [-0.1, -0.05) is 12.1 Å². The van der Waals surface area contributed by atoms with Crippen LogP contribution in [0.15, 0.2) is 24.3 Å². The molecule has 0 heterocycles. The van der Waals surface area contributed by atoms with E-state index in [0.717, 1.165) is 5.69 Å². The molecule has 0 saturated heterocycles. The first kappa shape index (κ1) is 9.71. The molecule has 0 radical (unpaired) electrons. The summed E-state index contributed by atoms with van der Waals surface area (Å²) in [6.07, 6.45) is -1.21. The summed E-state index contributed by atoms with van der Waals surface area (Å²) in [7, 11) is 3.81. The summed E-state index contributed by atoms with van der Waals surface area (Å²) in [6, 6.07) is 6.81. The third kappa shape index (κ3) is 2.28. The van der Waals surface area contributed by atoms with E-state index in [2.05, 4.69) is 0 Å². The van der Waals surface area contributed by atoms with E-state index in [0.29, 0.717) is 11.8 Å². The van der Waals surface area contributed by atoms with E-state index in [1.165, 1.54) is 0 Å². The standard InChI is InChI=1S/C10H12FNO/c1-12(2)9-5-3-8(4-6-9)10(11)7-13/h3-7,10H,1-2H3. The second kappa shape index (κ2) is 4.03. The highest BCUT2D eigenvalue weighted by Gasteiger charge is 2.06. The topological polar surface area (TPSA) is 20.3 Å². The third-order valence-corrected chi connectivity index (χ3v) is 1.85. The zero-order valence-electron chi connectivity index (χ0n) is 7.70. The van der Waals surface area contributed by atoms with Gasteiger partial charge >= 0.3 is 0 Å². The Morgan fingerprint density at radius 2 is 1.85 bits per heavy atom. The number of hydrogen-bond donors (Lipinski definition) is 0. The van der Waals surface area contributed by atoms with Gasteiger partial charge in [0.05, 0.1) is 0 Å². The van der Waals surface area contributed by atoms with Gasteiger partial charge in [0.1, 0.15) is 0 Å². The molecule has 1 aromatic rings. The van der Waals surface area contributed by atoms with Crippen molar-refractivity contribution in [2.45, 2.75) is 6.17 Å². The average Bonchev–Trinajstić information content (AvgIpc) is 2.17. The molecule has 0 spiro atoms. The number of aldehydes is 1. The van der Waals surface area contributed by atoms with Gasteiger partial charge in [0.25, 0.3) is 0 Å². The Hall–Kier alpha value is -1.38. The fraction of sp³-hybridized carbons (Fsp3) is 0.300. The molecule has 70 valence electrons. The fourth-order valence-electron chi connectivity index (χ4n) is 1.03. The van der Waals surface area contributed by atoms with E-state index in [1.54, 1.807) is 24.3 Å². The van der Waals surface area contributed by atoms with Crippen LogP contribution in [-0.4, -0.2) is 20.4 Å². The van der Waals surface area contributed by atoms with E-state index < -0.39 is 6.17 Å². The Balaban J connectivity index is 2.87. The minimum Gasteiger partial charge on any atom is -0.378 e. The number of benzene rings is 1. The second-order valence-corrected chi connectivity index (χ2v) is 3.02. The van der Waals surface area contributed by atoms with Crippen LogP contribution in [0.3, 0.4) is 0 Å². The van der Waals surface area contributed by atoms with Crippen molar-refractivity contribution in [2.75, 3.05) is 19.0 Å². The van der Waals surface area contributed by atoms with Crippen molar-refractivity contribution in [3.8, 4) is 0 Å². The predicted molar refractivity (Wildman–Crippen MR) is 50.7 cm³/mol. The van der Waals surface area contributed by atoms with Gasteiger partial charge in [-0.05, 0) is 17.7 Å². The maximum atomic E-state index is 12.8. The number of nitrogens with zero attached hydrogens (tertiary/aromatic N) is 1. The monoisotopic (exact) mass is 181 g/mol. The average molecular weight is 181 g/mol. The van der Waals surface area contributed by atoms with E-state index in [9.17, 15) is 9.18 Å². The highest BCUT2D eigenvalue weighted by Crippen LogP contribution is 2.18. The molecule has 1 aromatic carbocycles. The summed E-state index contributed by atoms with van der Waals surface area (Å²) in [4.78, 5) is 12.1. The molecule has 0 aliphatic rings. The number of rotatable bonds is 3. The molecule has 0 aliphatic carbocycles. The number of halogens is 1. The Morgan fingerprint density at radius 3 is 2.23 bits per heavy atom. The van der Waals surface area contributed by atoms with E-state index in [1.807, 2.05) is 19.0 Å². The Kier molecular flexibility index (Phi) is 3.01. The van der Waals surface area contributed by atoms with Gasteiger partial charge in [0.2, 0.25) is 0 Å². The third-order valence-electron chi connectivity index (χ3n) is 1.85. The molecule has 13 heavy (non-hydrogen) atoms. The van der Waals surface area contributed by atoms with Crippen LogP contribution >= 0.6 is 0 Å². The Labute approximate surface area is 77.0 Å². The molecule has 3 heteroatoms. The normalized spacial score (nSPS) is 12.2. The van der Waals surface area contributed by atoms with Gasteiger partial charge in [-0.2, -0.15) is 0 Å². The fourth-order valence-corrected chi connectivity index (χ4v) is 1.03. The van der Waals surface area contributed by atoms with Crippen molar-refractivity contribution < 1.29 is 9.18 Å². The van der Waals surface area contributed by atoms with Crippen LogP contribution in [-0.2, 0) is 4.79 Å². The molecular formula is C10H12FNO. The summed E-state index contributed by atoms with van der Waals surface area (Å²) in [5, 5.41) is 0.